The van der Waals surface area contributed by atoms with Crippen LogP contribution in [-0.2, 0) is 14.3 Å². The molecule has 0 bridgehead atoms. The molecule has 3 unspecified atom stereocenters. The smallest absolute Gasteiger partial charge is 0.340 e. The molecule has 8 heteroatoms. The molecule has 0 saturated carbocycles. The largest absolute Gasteiger partial charge is 0.465 e. The van der Waals surface area contributed by atoms with E-state index in [1.165, 1.54) is 23.3 Å². The number of ether oxygens (including phenoxy) is 1. The predicted molar refractivity (Wildman–Crippen MR) is 92.0 cm³/mol. The summed E-state index contributed by atoms with van der Waals surface area (Å²) < 4.78 is 4.74. The Labute approximate surface area is 145 Å². The SMILES string of the molecule is CCC(C)C(N)C(=O)NC1CCN(c2sccc2C(=O)OC)C1=O. The maximum Gasteiger partial charge on any atom is 0.340 e. The zero-order chi connectivity index (χ0) is 17.9. The Morgan fingerprint density at radius 2 is 2.25 bits per heavy atom. The number of rotatable bonds is 6. The summed E-state index contributed by atoms with van der Waals surface area (Å²) in [5, 5.41) is 5.02. The van der Waals surface area contributed by atoms with E-state index in [4.69, 9.17) is 10.5 Å². The van der Waals surface area contributed by atoms with Gasteiger partial charge in [0.15, 0.2) is 0 Å². The summed E-state index contributed by atoms with van der Waals surface area (Å²) in [5.74, 6) is -0.984. The van der Waals surface area contributed by atoms with Gasteiger partial charge >= 0.3 is 5.97 Å². The number of hydrogen-bond acceptors (Lipinski definition) is 6. The van der Waals surface area contributed by atoms with Crippen LogP contribution in [0.25, 0.3) is 0 Å². The zero-order valence-corrected chi connectivity index (χ0v) is 14.9. The molecule has 132 valence electrons. The van der Waals surface area contributed by atoms with Crippen LogP contribution in [0.5, 0.6) is 0 Å². The first-order chi connectivity index (χ1) is 11.4. The number of hydrogen-bond donors (Lipinski definition) is 2. The van der Waals surface area contributed by atoms with Gasteiger partial charge in [-0.2, -0.15) is 0 Å². The van der Waals surface area contributed by atoms with Crippen LogP contribution in [0.15, 0.2) is 11.4 Å². The van der Waals surface area contributed by atoms with E-state index in [1.54, 1.807) is 11.4 Å². The van der Waals surface area contributed by atoms with Gasteiger partial charge in [-0.3, -0.25) is 9.59 Å². The molecule has 2 amide bonds. The van der Waals surface area contributed by atoms with E-state index in [9.17, 15) is 14.4 Å². The number of nitrogens with one attached hydrogen (secondary N) is 1. The molecule has 1 aliphatic rings. The Morgan fingerprint density at radius 1 is 1.54 bits per heavy atom. The molecule has 1 aromatic rings. The summed E-state index contributed by atoms with van der Waals surface area (Å²) in [7, 11) is 1.30. The molecule has 1 fully saturated rings. The highest BCUT2D eigenvalue weighted by atomic mass is 32.1. The third kappa shape index (κ3) is 3.59. The van der Waals surface area contributed by atoms with Crippen LogP contribution >= 0.6 is 11.3 Å². The highest BCUT2D eigenvalue weighted by Gasteiger charge is 2.37. The lowest BCUT2D eigenvalue weighted by molar-refractivity contribution is -0.128. The fraction of sp³-hybridized carbons (Fsp3) is 0.562. The minimum atomic E-state index is -0.635. The molecule has 3 N–H and O–H groups in total. The first-order valence-electron chi connectivity index (χ1n) is 7.93. The number of carbonyl (C=O) groups is 3. The summed E-state index contributed by atoms with van der Waals surface area (Å²) in [6, 6.07) is 0.383. The van der Waals surface area contributed by atoms with Crippen molar-refractivity contribution in [3.05, 3.63) is 17.0 Å². The Kier molecular flexibility index (Phi) is 5.95. The van der Waals surface area contributed by atoms with Gasteiger partial charge in [0.2, 0.25) is 11.8 Å². The monoisotopic (exact) mass is 353 g/mol. The molecule has 2 rings (SSSR count). The van der Waals surface area contributed by atoms with Crippen LogP contribution in [0.4, 0.5) is 5.00 Å². The topological polar surface area (TPSA) is 102 Å². The Bertz CT molecular complexity index is 631. The molecular weight excluding hydrogens is 330 g/mol. The number of methoxy groups -OCH3 is 1. The van der Waals surface area contributed by atoms with Crippen LogP contribution in [-0.4, -0.2) is 43.5 Å². The Hall–Kier alpha value is -1.93. The standard InChI is InChI=1S/C16H23N3O4S/c1-4-9(2)12(17)13(20)18-11-5-7-19(14(11)21)15-10(6-8-24-15)16(22)23-3/h6,8-9,11-12H,4-5,7,17H2,1-3H3,(H,18,20). The number of carbonyl (C=O) groups excluding carboxylic acids is 3. The van der Waals surface area contributed by atoms with Crippen molar-refractivity contribution in [2.24, 2.45) is 11.7 Å². The second kappa shape index (κ2) is 7.76. The summed E-state index contributed by atoms with van der Waals surface area (Å²) in [5.41, 5.74) is 6.27. The maximum absolute atomic E-state index is 12.6. The predicted octanol–water partition coefficient (Wildman–Crippen LogP) is 1.13. The molecule has 0 spiro atoms. The molecule has 3 atom stereocenters. The molecule has 24 heavy (non-hydrogen) atoms. The van der Waals surface area contributed by atoms with Crippen molar-refractivity contribution in [2.75, 3.05) is 18.6 Å². The molecule has 7 nitrogen and oxygen atoms in total. The normalized spacial score (nSPS) is 19.9. The number of anilines is 1. The van der Waals surface area contributed by atoms with Gasteiger partial charge in [-0.25, -0.2) is 4.79 Å². The third-order valence-corrected chi connectivity index (χ3v) is 5.31. The van der Waals surface area contributed by atoms with E-state index >= 15 is 0 Å². The Morgan fingerprint density at radius 3 is 2.88 bits per heavy atom. The molecule has 2 heterocycles. The van der Waals surface area contributed by atoms with E-state index in [2.05, 4.69) is 5.32 Å². The summed E-state index contributed by atoms with van der Waals surface area (Å²) in [4.78, 5) is 38.1. The Balaban J connectivity index is 2.07. The summed E-state index contributed by atoms with van der Waals surface area (Å²) in [6.45, 7) is 4.31. The van der Waals surface area contributed by atoms with Crippen LogP contribution < -0.4 is 16.0 Å². The van der Waals surface area contributed by atoms with Gasteiger partial charge in [0.05, 0.1) is 18.7 Å². The molecule has 0 radical (unpaired) electrons. The van der Waals surface area contributed by atoms with Gasteiger partial charge in [0, 0.05) is 6.54 Å². The average Bonchev–Trinajstić information content (AvgIpc) is 3.19. The first-order valence-corrected chi connectivity index (χ1v) is 8.81. The van der Waals surface area contributed by atoms with E-state index in [-0.39, 0.29) is 17.7 Å². The van der Waals surface area contributed by atoms with Crippen molar-refractivity contribution in [3.63, 3.8) is 0 Å². The molecule has 0 aromatic carbocycles. The first kappa shape index (κ1) is 18.4. The molecular formula is C16H23N3O4S. The average molecular weight is 353 g/mol. The van der Waals surface area contributed by atoms with Crippen molar-refractivity contribution < 1.29 is 19.1 Å². The van der Waals surface area contributed by atoms with Crippen molar-refractivity contribution in [2.45, 2.75) is 38.8 Å². The number of amides is 2. The van der Waals surface area contributed by atoms with Crippen LogP contribution in [0.1, 0.15) is 37.0 Å². The van der Waals surface area contributed by atoms with Crippen molar-refractivity contribution in [3.8, 4) is 0 Å². The zero-order valence-electron chi connectivity index (χ0n) is 14.1. The second-order valence-corrected chi connectivity index (χ2v) is 6.78. The van der Waals surface area contributed by atoms with Gasteiger partial charge in [-0.1, -0.05) is 20.3 Å². The number of thiophene rings is 1. The highest BCUT2D eigenvalue weighted by molar-refractivity contribution is 7.14. The minimum Gasteiger partial charge on any atom is -0.465 e. The quantitative estimate of drug-likeness (QED) is 0.747. The van der Waals surface area contributed by atoms with Gasteiger partial charge in [-0.15, -0.1) is 11.3 Å². The van der Waals surface area contributed by atoms with Gasteiger partial charge in [-0.05, 0) is 23.8 Å². The summed E-state index contributed by atoms with van der Waals surface area (Å²) >= 11 is 1.30. The van der Waals surface area contributed by atoms with Gasteiger partial charge in [0.1, 0.15) is 11.0 Å². The number of nitrogens with two attached hydrogens (primary N) is 1. The summed E-state index contributed by atoms with van der Waals surface area (Å²) in [6.07, 6.45) is 1.27. The fourth-order valence-corrected chi connectivity index (χ4v) is 3.49. The highest BCUT2D eigenvalue weighted by Crippen LogP contribution is 2.31. The van der Waals surface area contributed by atoms with Crippen LogP contribution in [0.3, 0.4) is 0 Å². The van der Waals surface area contributed by atoms with E-state index < -0.39 is 18.1 Å². The van der Waals surface area contributed by atoms with E-state index in [0.717, 1.165) is 6.42 Å². The molecule has 0 aliphatic carbocycles. The maximum atomic E-state index is 12.6. The lowest BCUT2D eigenvalue weighted by Gasteiger charge is -2.20. The lowest BCUT2D eigenvalue weighted by atomic mass is 9.99. The van der Waals surface area contributed by atoms with Crippen molar-refractivity contribution in [1.29, 1.82) is 0 Å². The minimum absolute atomic E-state index is 0.0424. The van der Waals surface area contributed by atoms with Crippen LogP contribution in [0.2, 0.25) is 0 Å². The van der Waals surface area contributed by atoms with Crippen molar-refractivity contribution in [1.82, 2.24) is 5.32 Å². The van der Waals surface area contributed by atoms with E-state index in [0.29, 0.717) is 23.5 Å². The van der Waals surface area contributed by atoms with Crippen molar-refractivity contribution >= 4 is 34.1 Å². The fourth-order valence-electron chi connectivity index (χ4n) is 2.57. The molecule has 1 aromatic heterocycles. The number of esters is 1. The van der Waals surface area contributed by atoms with Crippen LogP contribution in [0, 0.1) is 5.92 Å². The van der Waals surface area contributed by atoms with E-state index in [1.807, 2.05) is 13.8 Å². The second-order valence-electron chi connectivity index (χ2n) is 5.88. The third-order valence-electron chi connectivity index (χ3n) is 4.38. The lowest BCUT2D eigenvalue weighted by Crippen LogP contribution is -2.50. The number of nitrogens with zero attached hydrogens (tertiary/aromatic N) is 1. The van der Waals surface area contributed by atoms with Gasteiger partial charge < -0.3 is 20.7 Å². The van der Waals surface area contributed by atoms with Gasteiger partial charge in [0.25, 0.3) is 0 Å². The molecule has 1 saturated heterocycles. The molecule has 1 aliphatic heterocycles.